The number of nitrogens with one attached hydrogen (secondary N) is 1. The van der Waals surface area contributed by atoms with Crippen molar-refractivity contribution in [2.75, 3.05) is 20.6 Å². The second kappa shape index (κ2) is 10.2. The molecule has 2 aromatic carbocycles. The van der Waals surface area contributed by atoms with E-state index in [9.17, 15) is 4.79 Å². The number of rotatable bonds is 9. The molecule has 0 bridgehead atoms. The minimum absolute atomic E-state index is 0.0897. The van der Waals surface area contributed by atoms with E-state index in [1.54, 1.807) is 29.0 Å². The highest BCUT2D eigenvalue weighted by atomic mass is 32.1. The van der Waals surface area contributed by atoms with E-state index in [0.29, 0.717) is 18.7 Å². The van der Waals surface area contributed by atoms with Gasteiger partial charge in [-0.3, -0.25) is 4.79 Å². The highest BCUT2D eigenvalue weighted by Gasteiger charge is 2.16. The fraction of sp³-hybridized carbons (Fsp3) is 0.304. The molecule has 29 heavy (non-hydrogen) atoms. The molecule has 0 spiro atoms. The third-order valence-electron chi connectivity index (χ3n) is 4.84. The summed E-state index contributed by atoms with van der Waals surface area (Å²) in [5, 5.41) is 5.01. The first-order chi connectivity index (χ1) is 14.1. The predicted molar refractivity (Wildman–Crippen MR) is 117 cm³/mol. The number of aryl methyl sites for hydroxylation is 1. The molecule has 152 valence electrons. The lowest BCUT2D eigenvalue weighted by Crippen LogP contribution is -2.34. The van der Waals surface area contributed by atoms with Gasteiger partial charge in [-0.1, -0.05) is 31.2 Å². The van der Waals surface area contributed by atoms with Gasteiger partial charge < -0.3 is 15.0 Å². The van der Waals surface area contributed by atoms with Crippen molar-refractivity contribution < 1.29 is 9.53 Å². The number of thiazole rings is 1. The van der Waals surface area contributed by atoms with Crippen LogP contribution in [0.2, 0.25) is 0 Å². The first-order valence-corrected chi connectivity index (χ1v) is 10.6. The molecule has 0 saturated carbocycles. The van der Waals surface area contributed by atoms with Crippen molar-refractivity contribution in [2.45, 2.75) is 26.0 Å². The highest BCUT2D eigenvalue weighted by molar-refractivity contribution is 7.07. The Hall–Kier alpha value is -2.70. The van der Waals surface area contributed by atoms with E-state index in [2.05, 4.69) is 46.4 Å². The molecule has 0 saturated heterocycles. The van der Waals surface area contributed by atoms with Crippen LogP contribution in [-0.2, 0) is 13.0 Å². The smallest absolute Gasteiger partial charge is 0.251 e. The fourth-order valence-electron chi connectivity index (χ4n) is 3.03. The average Bonchev–Trinajstić information content (AvgIpc) is 3.26. The summed E-state index contributed by atoms with van der Waals surface area (Å²) in [7, 11) is 4.05. The lowest BCUT2D eigenvalue weighted by molar-refractivity contribution is 0.0942. The third kappa shape index (κ3) is 5.89. The van der Waals surface area contributed by atoms with Gasteiger partial charge in [-0.25, -0.2) is 4.98 Å². The number of benzene rings is 2. The molecular formula is C23H27N3O2S. The zero-order valence-electron chi connectivity index (χ0n) is 17.1. The van der Waals surface area contributed by atoms with Gasteiger partial charge >= 0.3 is 0 Å². The number of likely N-dealkylation sites (N-methyl/N-ethyl adjacent to an activating group) is 1. The summed E-state index contributed by atoms with van der Waals surface area (Å²) in [5.74, 6) is 0.629. The van der Waals surface area contributed by atoms with Crippen LogP contribution < -0.4 is 10.1 Å². The molecule has 1 amide bonds. The Morgan fingerprint density at radius 1 is 1.14 bits per heavy atom. The first kappa shape index (κ1) is 21.0. The molecule has 1 N–H and O–H groups in total. The van der Waals surface area contributed by atoms with Gasteiger partial charge in [0.05, 0.1) is 17.2 Å². The molecule has 1 heterocycles. The number of nitrogens with zero attached hydrogens (tertiary/aromatic N) is 2. The quantitative estimate of drug-likeness (QED) is 0.572. The van der Waals surface area contributed by atoms with Gasteiger partial charge in [0.1, 0.15) is 12.4 Å². The summed E-state index contributed by atoms with van der Waals surface area (Å²) in [5.41, 5.74) is 5.81. The topological polar surface area (TPSA) is 54.5 Å². The minimum atomic E-state index is -0.0897. The number of carbonyl (C=O) groups excluding carboxylic acids is 1. The Morgan fingerprint density at radius 3 is 2.45 bits per heavy atom. The highest BCUT2D eigenvalue weighted by Crippen LogP contribution is 2.19. The van der Waals surface area contributed by atoms with E-state index < -0.39 is 0 Å². The van der Waals surface area contributed by atoms with Crippen LogP contribution in [0.3, 0.4) is 0 Å². The van der Waals surface area contributed by atoms with Crippen molar-refractivity contribution in [1.29, 1.82) is 0 Å². The van der Waals surface area contributed by atoms with E-state index in [4.69, 9.17) is 4.74 Å². The third-order valence-corrected chi connectivity index (χ3v) is 5.47. The Bertz CT molecular complexity index is 891. The molecule has 3 rings (SSSR count). The van der Waals surface area contributed by atoms with Crippen molar-refractivity contribution in [1.82, 2.24) is 15.2 Å². The van der Waals surface area contributed by atoms with Crippen molar-refractivity contribution in [3.05, 3.63) is 81.8 Å². The SMILES string of the molecule is CCc1ccc(C(CNC(=O)c2ccc(OCc3cscn3)cc2)N(C)C)cc1. The van der Waals surface area contributed by atoms with Crippen LogP contribution in [0, 0.1) is 0 Å². The summed E-state index contributed by atoms with van der Waals surface area (Å²) in [4.78, 5) is 18.9. The largest absolute Gasteiger partial charge is 0.487 e. The van der Waals surface area contributed by atoms with Crippen LogP contribution in [0.5, 0.6) is 5.75 Å². The Kier molecular flexibility index (Phi) is 7.38. The molecule has 0 fully saturated rings. The molecular weight excluding hydrogens is 382 g/mol. The number of hydrogen-bond donors (Lipinski definition) is 1. The van der Waals surface area contributed by atoms with E-state index in [1.165, 1.54) is 11.1 Å². The molecule has 1 atom stereocenters. The second-order valence-electron chi connectivity index (χ2n) is 7.08. The van der Waals surface area contributed by atoms with Crippen LogP contribution >= 0.6 is 11.3 Å². The maximum absolute atomic E-state index is 12.6. The van der Waals surface area contributed by atoms with Crippen molar-refractivity contribution in [2.24, 2.45) is 0 Å². The van der Waals surface area contributed by atoms with E-state index in [-0.39, 0.29) is 11.9 Å². The summed E-state index contributed by atoms with van der Waals surface area (Å²) >= 11 is 1.54. The molecule has 0 aliphatic heterocycles. The van der Waals surface area contributed by atoms with Gasteiger partial charge in [0.25, 0.3) is 5.91 Å². The van der Waals surface area contributed by atoms with Crippen LogP contribution in [0.25, 0.3) is 0 Å². The van der Waals surface area contributed by atoms with Gasteiger partial charge in [0.2, 0.25) is 0 Å². The maximum atomic E-state index is 12.6. The van der Waals surface area contributed by atoms with Gasteiger partial charge in [0, 0.05) is 17.5 Å². The van der Waals surface area contributed by atoms with Crippen molar-refractivity contribution in [3.63, 3.8) is 0 Å². The van der Waals surface area contributed by atoms with Crippen LogP contribution in [0.1, 0.15) is 40.1 Å². The predicted octanol–water partition coefficient (Wildman–Crippen LogP) is 4.32. The second-order valence-corrected chi connectivity index (χ2v) is 7.80. The summed E-state index contributed by atoms with van der Waals surface area (Å²) in [6.07, 6.45) is 1.02. The Labute approximate surface area is 176 Å². The van der Waals surface area contributed by atoms with Gasteiger partial charge in [-0.2, -0.15) is 0 Å². The molecule has 0 aliphatic carbocycles. The lowest BCUT2D eigenvalue weighted by Gasteiger charge is -2.25. The summed E-state index contributed by atoms with van der Waals surface area (Å²) in [6.45, 7) is 3.11. The minimum Gasteiger partial charge on any atom is -0.487 e. The number of hydrogen-bond acceptors (Lipinski definition) is 5. The summed E-state index contributed by atoms with van der Waals surface area (Å²) in [6, 6.07) is 15.9. The zero-order valence-corrected chi connectivity index (χ0v) is 17.9. The Morgan fingerprint density at radius 2 is 1.86 bits per heavy atom. The number of aromatic nitrogens is 1. The maximum Gasteiger partial charge on any atom is 0.251 e. The molecule has 6 heteroatoms. The van der Waals surface area contributed by atoms with Gasteiger partial charge in [-0.15, -0.1) is 11.3 Å². The van der Waals surface area contributed by atoms with Crippen molar-refractivity contribution in [3.8, 4) is 5.75 Å². The monoisotopic (exact) mass is 409 g/mol. The van der Waals surface area contributed by atoms with Crippen LogP contribution in [-0.4, -0.2) is 36.4 Å². The normalized spacial score (nSPS) is 12.0. The van der Waals surface area contributed by atoms with Crippen LogP contribution in [0.4, 0.5) is 0 Å². The molecule has 0 aliphatic rings. The number of carbonyl (C=O) groups is 1. The Balaban J connectivity index is 1.56. The molecule has 3 aromatic rings. The molecule has 5 nitrogen and oxygen atoms in total. The molecule has 0 radical (unpaired) electrons. The van der Waals surface area contributed by atoms with Gasteiger partial charge in [-0.05, 0) is 55.9 Å². The van der Waals surface area contributed by atoms with Gasteiger partial charge in [0.15, 0.2) is 0 Å². The summed E-state index contributed by atoms with van der Waals surface area (Å²) < 4.78 is 5.70. The van der Waals surface area contributed by atoms with Crippen LogP contribution in [0.15, 0.2) is 59.4 Å². The van der Waals surface area contributed by atoms with E-state index in [1.807, 2.05) is 31.6 Å². The first-order valence-electron chi connectivity index (χ1n) is 9.70. The zero-order chi connectivity index (χ0) is 20.6. The molecule has 1 unspecified atom stereocenters. The van der Waals surface area contributed by atoms with E-state index in [0.717, 1.165) is 17.9 Å². The average molecular weight is 410 g/mol. The standard InChI is InChI=1S/C23H27N3O2S/c1-4-17-5-7-18(8-6-17)22(26(2)3)13-24-23(27)19-9-11-21(12-10-19)28-14-20-15-29-16-25-20/h5-12,15-16,22H,4,13-14H2,1-3H3,(H,24,27). The van der Waals surface area contributed by atoms with E-state index >= 15 is 0 Å². The fourth-order valence-corrected chi connectivity index (χ4v) is 3.58. The number of ether oxygens (including phenoxy) is 1. The molecule has 1 aromatic heterocycles. The number of amides is 1. The van der Waals surface area contributed by atoms with Crippen molar-refractivity contribution >= 4 is 17.2 Å². The lowest BCUT2D eigenvalue weighted by atomic mass is 10.0.